The van der Waals surface area contributed by atoms with Crippen molar-refractivity contribution in [2.24, 2.45) is 0 Å². The molecule has 0 fully saturated rings. The van der Waals surface area contributed by atoms with Crippen molar-refractivity contribution in [2.75, 3.05) is 0 Å². The topological polar surface area (TPSA) is 46.2 Å². The average Bonchev–Trinajstić information content (AvgIpc) is 2.67. The van der Waals surface area contributed by atoms with Gasteiger partial charge in [-0.3, -0.25) is 9.15 Å². The molecule has 0 aliphatic carbocycles. The molecule has 2 unspecified atom stereocenters. The van der Waals surface area contributed by atoms with Gasteiger partial charge in [0.2, 0.25) is 16.6 Å². The van der Waals surface area contributed by atoms with E-state index in [0.29, 0.717) is 0 Å². The summed E-state index contributed by atoms with van der Waals surface area (Å²) >= 11 is 0. The molecule has 166 valence electrons. The highest BCUT2D eigenvalue weighted by molar-refractivity contribution is 6.89. The van der Waals surface area contributed by atoms with Gasteiger partial charge in [0.1, 0.15) is 0 Å². The van der Waals surface area contributed by atoms with E-state index in [2.05, 4.69) is 69.1 Å². The third kappa shape index (κ3) is 8.11. The number of rotatable bonds is 11. The maximum atomic E-state index is 6.45. The molecule has 0 saturated heterocycles. The normalized spacial score (nSPS) is 15.1. The first-order chi connectivity index (χ1) is 13.9. The molecule has 0 aliphatic heterocycles. The summed E-state index contributed by atoms with van der Waals surface area (Å²) in [5.41, 5.74) is 0. The van der Waals surface area contributed by atoms with Crippen molar-refractivity contribution >= 4 is 54.1 Å². The third-order valence-electron chi connectivity index (χ3n) is 4.69. The Balaban J connectivity index is 1.85. The highest BCUT2D eigenvalue weighted by Gasteiger charge is 2.36. The molecule has 30 heavy (non-hydrogen) atoms. The monoisotopic (exact) mass is 496 g/mol. The van der Waals surface area contributed by atoms with Crippen LogP contribution in [-0.2, 0) is 21.5 Å². The lowest BCUT2D eigenvalue weighted by atomic mass is 10.4. The zero-order chi connectivity index (χ0) is 22.4. The van der Waals surface area contributed by atoms with E-state index in [9.17, 15) is 0 Å². The smallest absolute Gasteiger partial charge is 0.358 e. The molecule has 2 aromatic rings. The summed E-state index contributed by atoms with van der Waals surface area (Å²) in [5, 5.41) is 2.52. The van der Waals surface area contributed by atoms with E-state index in [-0.39, 0.29) is 0 Å². The van der Waals surface area contributed by atoms with Crippen molar-refractivity contribution in [1.29, 1.82) is 0 Å². The summed E-state index contributed by atoms with van der Waals surface area (Å²) < 4.78 is 30.6. The largest absolute Gasteiger partial charge is 0.435 e. The fraction of sp³-hybridized carbons (Fsp3) is 0.400. The van der Waals surface area contributed by atoms with E-state index in [1.807, 2.05) is 43.9 Å². The van der Waals surface area contributed by atoms with Gasteiger partial charge in [0.15, 0.2) is 0 Å². The Morgan fingerprint density at radius 3 is 1.40 bits per heavy atom. The third-order valence-corrected chi connectivity index (χ3v) is 20.2. The van der Waals surface area contributed by atoms with Crippen LogP contribution in [-0.4, -0.2) is 43.8 Å². The Hall–Kier alpha value is -0.676. The summed E-state index contributed by atoms with van der Waals surface area (Å²) in [6.07, 6.45) is 0. The second kappa shape index (κ2) is 10.8. The minimum atomic E-state index is -2.48. The molecular formula is C20H36O5Si5. The molecule has 0 heterocycles. The Bertz CT molecular complexity index is 774. The fourth-order valence-electron chi connectivity index (χ4n) is 3.29. The SMILES string of the molecule is C[SiH](OO[Si](C)(C)O[SiH](C)O[Si](C)(C)c1ccccc1)O[Si](C)(C)c1ccccc1. The molecule has 0 radical (unpaired) electrons. The van der Waals surface area contributed by atoms with E-state index >= 15 is 0 Å². The molecule has 2 rings (SSSR count). The Kier molecular flexibility index (Phi) is 9.18. The summed E-state index contributed by atoms with van der Waals surface area (Å²) in [6.45, 7) is 16.9. The van der Waals surface area contributed by atoms with E-state index in [1.165, 1.54) is 10.4 Å². The molecule has 2 atom stereocenters. The van der Waals surface area contributed by atoms with Crippen molar-refractivity contribution in [2.45, 2.75) is 52.4 Å². The van der Waals surface area contributed by atoms with Crippen molar-refractivity contribution in [3.63, 3.8) is 0 Å². The first-order valence-corrected chi connectivity index (χ1v) is 23.2. The first-order valence-electron chi connectivity index (χ1n) is 10.4. The molecule has 0 spiro atoms. The van der Waals surface area contributed by atoms with Crippen LogP contribution in [0.1, 0.15) is 0 Å². The highest BCUT2D eigenvalue weighted by atomic mass is 28.5. The van der Waals surface area contributed by atoms with Crippen LogP contribution in [0, 0.1) is 0 Å². The molecule has 0 amide bonds. The summed E-state index contributed by atoms with van der Waals surface area (Å²) in [5.74, 6) is 0. The lowest BCUT2D eigenvalue weighted by Gasteiger charge is -2.32. The number of hydrogen-bond donors (Lipinski definition) is 0. The van der Waals surface area contributed by atoms with Crippen molar-refractivity contribution in [3.05, 3.63) is 60.7 Å². The van der Waals surface area contributed by atoms with Crippen LogP contribution in [0.2, 0.25) is 52.4 Å². The van der Waals surface area contributed by atoms with Gasteiger partial charge in [0, 0.05) is 0 Å². The van der Waals surface area contributed by atoms with Crippen molar-refractivity contribution < 1.29 is 21.5 Å². The minimum Gasteiger partial charge on any atom is -0.435 e. The van der Waals surface area contributed by atoms with E-state index < -0.39 is 43.8 Å². The summed E-state index contributed by atoms with van der Waals surface area (Å²) in [6, 6.07) is 20.8. The van der Waals surface area contributed by atoms with Crippen LogP contribution in [0.4, 0.5) is 0 Å². The molecule has 0 bridgehead atoms. The fourth-order valence-corrected chi connectivity index (χ4v) is 18.6. The van der Waals surface area contributed by atoms with Gasteiger partial charge in [0.25, 0.3) is 9.28 Å². The lowest BCUT2D eigenvalue weighted by molar-refractivity contribution is -0.143. The minimum absolute atomic E-state index is 1.25. The van der Waals surface area contributed by atoms with Crippen LogP contribution in [0.5, 0.6) is 0 Å². The Morgan fingerprint density at radius 2 is 0.967 bits per heavy atom. The molecule has 0 saturated carbocycles. The van der Waals surface area contributed by atoms with Crippen LogP contribution in [0.15, 0.2) is 60.7 Å². The van der Waals surface area contributed by atoms with Gasteiger partial charge in [0.05, 0.1) is 0 Å². The predicted octanol–water partition coefficient (Wildman–Crippen LogP) is 3.61. The van der Waals surface area contributed by atoms with Crippen LogP contribution >= 0.6 is 0 Å². The zero-order valence-electron chi connectivity index (χ0n) is 19.5. The van der Waals surface area contributed by atoms with Crippen molar-refractivity contribution in [3.8, 4) is 0 Å². The molecule has 0 N–H and O–H groups in total. The maximum Gasteiger partial charge on any atom is 0.358 e. The van der Waals surface area contributed by atoms with E-state index in [0.717, 1.165) is 0 Å². The van der Waals surface area contributed by atoms with Crippen LogP contribution in [0.3, 0.4) is 0 Å². The van der Waals surface area contributed by atoms with Gasteiger partial charge in [-0.05, 0) is 62.7 Å². The van der Waals surface area contributed by atoms with Gasteiger partial charge in [-0.25, -0.2) is 0 Å². The van der Waals surface area contributed by atoms with E-state index in [1.54, 1.807) is 0 Å². The average molecular weight is 497 g/mol. The molecule has 10 heteroatoms. The van der Waals surface area contributed by atoms with Gasteiger partial charge in [-0.2, -0.15) is 0 Å². The van der Waals surface area contributed by atoms with Gasteiger partial charge >= 0.3 is 17.8 Å². The second-order valence-corrected chi connectivity index (χ2v) is 24.3. The van der Waals surface area contributed by atoms with Crippen LogP contribution in [0.25, 0.3) is 0 Å². The molecule has 0 aromatic heterocycles. The predicted molar refractivity (Wildman–Crippen MR) is 136 cm³/mol. The Morgan fingerprint density at radius 1 is 0.567 bits per heavy atom. The van der Waals surface area contributed by atoms with E-state index in [4.69, 9.17) is 21.5 Å². The standard InChI is InChI=1S/C20H36O5Si5/c1-26(23-28(3,4)19-15-11-9-12-16-19)21-22-30(7,8)25-27(2)24-29(5,6)20-17-13-10-14-18-20/h9-18,26-27H,1-8H3. The quantitative estimate of drug-likeness (QED) is 0.270. The first kappa shape index (κ1) is 25.6. The molecule has 2 aromatic carbocycles. The maximum absolute atomic E-state index is 6.45. The molecular weight excluding hydrogens is 461 g/mol. The molecule has 5 nitrogen and oxygen atoms in total. The summed E-state index contributed by atoms with van der Waals surface area (Å²) in [7, 11) is -10.3. The van der Waals surface area contributed by atoms with Gasteiger partial charge in [-0.15, -0.1) is 0 Å². The second-order valence-electron chi connectivity index (χ2n) is 8.82. The van der Waals surface area contributed by atoms with Crippen LogP contribution < -0.4 is 10.4 Å². The van der Waals surface area contributed by atoms with Gasteiger partial charge in [-0.1, -0.05) is 60.7 Å². The summed E-state index contributed by atoms with van der Waals surface area (Å²) in [4.78, 5) is 0. The number of benzene rings is 2. The van der Waals surface area contributed by atoms with Gasteiger partial charge < -0.3 is 12.3 Å². The molecule has 0 aliphatic rings. The lowest BCUT2D eigenvalue weighted by Crippen LogP contribution is -2.52. The highest BCUT2D eigenvalue weighted by Crippen LogP contribution is 2.16. The number of hydrogen-bond acceptors (Lipinski definition) is 5. The Labute approximate surface area is 188 Å². The zero-order valence-corrected chi connectivity index (χ0v) is 24.8. The van der Waals surface area contributed by atoms with Crippen molar-refractivity contribution in [1.82, 2.24) is 0 Å².